The predicted molar refractivity (Wildman–Crippen MR) is 107 cm³/mol. The first kappa shape index (κ1) is 18.6. The van der Waals surface area contributed by atoms with Gasteiger partial charge in [0.1, 0.15) is 6.54 Å². The average molecular weight is 365 g/mol. The Bertz CT molecular complexity index is 1130. The number of nitrogens with zero attached hydrogens (tertiary/aromatic N) is 2. The summed E-state index contributed by atoms with van der Waals surface area (Å²) >= 11 is 0. The molecule has 140 valence electrons. The minimum absolute atomic E-state index is 0.156. The van der Waals surface area contributed by atoms with Gasteiger partial charge in [0.25, 0.3) is 5.56 Å². The van der Waals surface area contributed by atoms with Gasteiger partial charge >= 0.3 is 5.69 Å². The molecule has 3 rings (SSSR count). The molecule has 0 unspecified atom stereocenters. The molecule has 0 saturated carbocycles. The summed E-state index contributed by atoms with van der Waals surface area (Å²) in [5.74, 6) is -0.309. The van der Waals surface area contributed by atoms with Gasteiger partial charge in [-0.15, -0.1) is 0 Å². The molecule has 3 aromatic rings. The summed E-state index contributed by atoms with van der Waals surface area (Å²) in [5, 5.41) is 3.29. The molecule has 6 heteroatoms. The Labute approximate surface area is 157 Å². The zero-order valence-electron chi connectivity index (χ0n) is 15.8. The molecule has 0 aliphatic heterocycles. The molecule has 6 nitrogen and oxygen atoms in total. The van der Waals surface area contributed by atoms with Crippen molar-refractivity contribution in [3.8, 4) is 0 Å². The van der Waals surface area contributed by atoms with E-state index >= 15 is 0 Å². The van der Waals surface area contributed by atoms with Crippen molar-refractivity contribution in [2.45, 2.75) is 40.3 Å². The highest BCUT2D eigenvalue weighted by Crippen LogP contribution is 2.16. The first-order valence-electron chi connectivity index (χ1n) is 9.02. The lowest BCUT2D eigenvalue weighted by Gasteiger charge is -2.14. The third-order valence-corrected chi connectivity index (χ3v) is 4.54. The molecular weight excluding hydrogens is 342 g/mol. The van der Waals surface area contributed by atoms with Crippen LogP contribution in [0.5, 0.6) is 0 Å². The molecule has 0 aliphatic carbocycles. The van der Waals surface area contributed by atoms with Crippen LogP contribution < -0.4 is 16.6 Å². The lowest BCUT2D eigenvalue weighted by atomic mass is 10.1. The van der Waals surface area contributed by atoms with Gasteiger partial charge in [-0.1, -0.05) is 36.8 Å². The lowest BCUT2D eigenvalue weighted by Crippen LogP contribution is -2.41. The molecule has 27 heavy (non-hydrogen) atoms. The number of para-hydroxylation sites is 1. The number of aryl methyl sites for hydroxylation is 2. The van der Waals surface area contributed by atoms with E-state index in [9.17, 15) is 14.4 Å². The van der Waals surface area contributed by atoms with Crippen molar-refractivity contribution in [2.75, 3.05) is 5.32 Å². The maximum atomic E-state index is 12.8. The Morgan fingerprint density at radius 3 is 2.48 bits per heavy atom. The van der Waals surface area contributed by atoms with Crippen LogP contribution in [0.4, 0.5) is 5.69 Å². The molecule has 0 radical (unpaired) electrons. The van der Waals surface area contributed by atoms with Crippen molar-refractivity contribution in [3.63, 3.8) is 0 Å². The molecule has 0 bridgehead atoms. The number of nitrogens with one attached hydrogen (secondary N) is 1. The van der Waals surface area contributed by atoms with Crippen molar-refractivity contribution in [1.82, 2.24) is 9.13 Å². The molecule has 1 aromatic heterocycles. The van der Waals surface area contributed by atoms with Crippen molar-refractivity contribution in [2.24, 2.45) is 0 Å². The van der Waals surface area contributed by atoms with Gasteiger partial charge in [0.2, 0.25) is 5.91 Å². The monoisotopic (exact) mass is 365 g/mol. The van der Waals surface area contributed by atoms with E-state index in [1.165, 1.54) is 9.13 Å². The molecule has 0 saturated heterocycles. The highest BCUT2D eigenvalue weighted by atomic mass is 16.2. The van der Waals surface area contributed by atoms with Crippen LogP contribution in [0.25, 0.3) is 10.9 Å². The first-order chi connectivity index (χ1) is 12.9. The summed E-state index contributed by atoms with van der Waals surface area (Å²) in [7, 11) is 0. The fraction of sp³-hybridized carbons (Fsp3) is 0.286. The van der Waals surface area contributed by atoms with Gasteiger partial charge < -0.3 is 5.32 Å². The average Bonchev–Trinajstić information content (AvgIpc) is 2.64. The molecule has 1 N–H and O–H groups in total. The number of carbonyl (C=O) groups excluding carboxylic acids is 1. The van der Waals surface area contributed by atoms with Crippen LogP contribution >= 0.6 is 0 Å². The van der Waals surface area contributed by atoms with E-state index in [1.807, 2.05) is 39.0 Å². The van der Waals surface area contributed by atoms with E-state index in [0.29, 0.717) is 29.6 Å². The molecule has 1 amide bonds. The molecule has 1 heterocycles. The third kappa shape index (κ3) is 3.69. The summed E-state index contributed by atoms with van der Waals surface area (Å²) in [6, 6.07) is 12.6. The standard InChI is InChI=1S/C21H23N3O3/c1-4-11-23-20(26)16-7-5-6-8-18(16)24(21(23)27)13-19(25)22-17-10-9-14(2)12-15(17)3/h5-10,12H,4,11,13H2,1-3H3,(H,22,25). The van der Waals surface area contributed by atoms with Crippen LogP contribution in [0.1, 0.15) is 24.5 Å². The van der Waals surface area contributed by atoms with E-state index in [2.05, 4.69) is 5.32 Å². The second kappa shape index (κ2) is 7.61. The smallest absolute Gasteiger partial charge is 0.324 e. The number of fused-ring (bicyclic) bond motifs is 1. The Morgan fingerprint density at radius 2 is 1.78 bits per heavy atom. The van der Waals surface area contributed by atoms with Crippen LogP contribution in [-0.2, 0) is 17.9 Å². The van der Waals surface area contributed by atoms with Gasteiger partial charge in [-0.25, -0.2) is 4.79 Å². The molecular formula is C21H23N3O3. The second-order valence-electron chi connectivity index (χ2n) is 6.71. The van der Waals surface area contributed by atoms with E-state index in [0.717, 1.165) is 11.1 Å². The topological polar surface area (TPSA) is 73.1 Å². The summed E-state index contributed by atoms with van der Waals surface area (Å²) in [6.07, 6.45) is 0.655. The number of benzene rings is 2. The fourth-order valence-corrected chi connectivity index (χ4v) is 3.23. The number of hydrogen-bond donors (Lipinski definition) is 1. The van der Waals surface area contributed by atoms with E-state index in [-0.39, 0.29) is 18.0 Å². The summed E-state index contributed by atoms with van der Waals surface area (Å²) in [5.41, 5.74) is 2.47. The Hall–Kier alpha value is -3.15. The maximum Gasteiger partial charge on any atom is 0.331 e. The van der Waals surface area contributed by atoms with Crippen LogP contribution in [0.15, 0.2) is 52.1 Å². The molecule has 0 fully saturated rings. The van der Waals surface area contributed by atoms with Crippen molar-refractivity contribution in [3.05, 3.63) is 74.4 Å². The van der Waals surface area contributed by atoms with Crippen LogP contribution in [0, 0.1) is 13.8 Å². The highest BCUT2D eigenvalue weighted by molar-refractivity contribution is 5.92. The van der Waals surface area contributed by atoms with Gasteiger partial charge in [-0.2, -0.15) is 0 Å². The quantitative estimate of drug-likeness (QED) is 0.756. The summed E-state index contributed by atoms with van der Waals surface area (Å²) in [6.45, 7) is 5.98. The third-order valence-electron chi connectivity index (χ3n) is 4.54. The van der Waals surface area contributed by atoms with Crippen LogP contribution in [-0.4, -0.2) is 15.0 Å². The normalized spacial score (nSPS) is 10.9. The maximum absolute atomic E-state index is 12.8. The largest absolute Gasteiger partial charge is 0.331 e. The summed E-state index contributed by atoms with van der Waals surface area (Å²) < 4.78 is 2.57. The zero-order chi connectivity index (χ0) is 19.6. The number of hydrogen-bond acceptors (Lipinski definition) is 3. The minimum atomic E-state index is -0.462. The van der Waals surface area contributed by atoms with Crippen molar-refractivity contribution >= 4 is 22.5 Å². The van der Waals surface area contributed by atoms with Gasteiger partial charge in [0, 0.05) is 12.2 Å². The van der Waals surface area contributed by atoms with E-state index < -0.39 is 5.69 Å². The van der Waals surface area contributed by atoms with Crippen LogP contribution in [0.3, 0.4) is 0 Å². The first-order valence-corrected chi connectivity index (χ1v) is 9.02. The Balaban J connectivity index is 2.02. The Kier molecular flexibility index (Phi) is 5.26. The van der Waals surface area contributed by atoms with Gasteiger partial charge in [-0.3, -0.25) is 18.7 Å². The zero-order valence-corrected chi connectivity index (χ0v) is 15.8. The number of aromatic nitrogens is 2. The van der Waals surface area contributed by atoms with Crippen molar-refractivity contribution in [1.29, 1.82) is 0 Å². The lowest BCUT2D eigenvalue weighted by molar-refractivity contribution is -0.116. The Morgan fingerprint density at radius 1 is 1.04 bits per heavy atom. The number of anilines is 1. The van der Waals surface area contributed by atoms with E-state index in [4.69, 9.17) is 0 Å². The molecule has 0 spiro atoms. The van der Waals surface area contributed by atoms with Crippen LogP contribution in [0.2, 0.25) is 0 Å². The van der Waals surface area contributed by atoms with Gasteiger partial charge in [0.15, 0.2) is 0 Å². The molecule has 0 atom stereocenters. The highest BCUT2D eigenvalue weighted by Gasteiger charge is 2.15. The van der Waals surface area contributed by atoms with Crippen molar-refractivity contribution < 1.29 is 4.79 Å². The van der Waals surface area contributed by atoms with E-state index in [1.54, 1.807) is 24.3 Å². The molecule has 0 aliphatic rings. The second-order valence-corrected chi connectivity index (χ2v) is 6.71. The SMILES string of the molecule is CCCn1c(=O)c2ccccc2n(CC(=O)Nc2ccc(C)cc2C)c1=O. The minimum Gasteiger partial charge on any atom is -0.324 e. The summed E-state index contributed by atoms with van der Waals surface area (Å²) in [4.78, 5) is 38.0. The fourth-order valence-electron chi connectivity index (χ4n) is 3.23. The number of carbonyl (C=O) groups is 1. The number of rotatable bonds is 5. The van der Waals surface area contributed by atoms with Gasteiger partial charge in [-0.05, 0) is 44.0 Å². The van der Waals surface area contributed by atoms with Gasteiger partial charge in [0.05, 0.1) is 10.9 Å². The molecule has 2 aromatic carbocycles. The predicted octanol–water partition coefficient (Wildman–Crippen LogP) is 2.83. The number of amides is 1.